The molecule has 0 bridgehead atoms. The van der Waals surface area contributed by atoms with Crippen LogP contribution in [-0.4, -0.2) is 5.97 Å². The Morgan fingerprint density at radius 3 is 0.970 bits per heavy atom. The molecule has 4 aromatic rings. The Labute approximate surface area is 197 Å². The number of carbonyl (C=O) groups is 1. The molecule has 3 heteroatoms. The van der Waals surface area contributed by atoms with Gasteiger partial charge in [0.05, 0.1) is 0 Å². The SMILES string of the molecule is CC(=O)OP(c1ccccc1C)(c1ccccc1C)(c1ccccc1C)c1ccccc1C. The fourth-order valence-electron chi connectivity index (χ4n) is 5.40. The van der Waals surface area contributed by atoms with E-state index in [0.717, 1.165) is 43.5 Å². The first kappa shape index (κ1) is 23.0. The molecule has 0 radical (unpaired) electrons. The van der Waals surface area contributed by atoms with E-state index in [4.69, 9.17) is 4.52 Å². The van der Waals surface area contributed by atoms with Gasteiger partial charge in [0.2, 0.25) is 0 Å². The fraction of sp³-hybridized carbons (Fsp3) is 0.167. The van der Waals surface area contributed by atoms with Gasteiger partial charge in [-0.2, -0.15) is 0 Å². The van der Waals surface area contributed by atoms with Crippen molar-refractivity contribution in [3.8, 4) is 0 Å². The zero-order chi connectivity index (χ0) is 23.7. The van der Waals surface area contributed by atoms with E-state index in [1.807, 2.05) is 24.3 Å². The van der Waals surface area contributed by atoms with Gasteiger partial charge in [0.25, 0.3) is 0 Å². The second-order valence-corrected chi connectivity index (χ2v) is 12.9. The molecule has 4 rings (SSSR count). The van der Waals surface area contributed by atoms with Crippen molar-refractivity contribution >= 4 is 34.0 Å². The molecular weight excluding hydrogens is 423 g/mol. The minimum absolute atomic E-state index is 0.286. The van der Waals surface area contributed by atoms with E-state index in [9.17, 15) is 4.79 Å². The van der Waals surface area contributed by atoms with Crippen LogP contribution in [0.5, 0.6) is 0 Å². The van der Waals surface area contributed by atoms with Gasteiger partial charge in [-0.1, -0.05) is 0 Å². The van der Waals surface area contributed by atoms with Crippen LogP contribution in [0.15, 0.2) is 97.1 Å². The van der Waals surface area contributed by atoms with Crippen LogP contribution in [0.25, 0.3) is 0 Å². The summed E-state index contributed by atoms with van der Waals surface area (Å²) in [5.41, 5.74) is 4.41. The van der Waals surface area contributed by atoms with Crippen molar-refractivity contribution in [3.63, 3.8) is 0 Å². The van der Waals surface area contributed by atoms with Crippen LogP contribution in [0.3, 0.4) is 0 Å². The minimum atomic E-state index is -3.98. The van der Waals surface area contributed by atoms with Gasteiger partial charge in [0.1, 0.15) is 0 Å². The molecule has 4 aromatic carbocycles. The summed E-state index contributed by atoms with van der Waals surface area (Å²) in [5, 5.41) is 4.27. The van der Waals surface area contributed by atoms with Crippen molar-refractivity contribution in [2.45, 2.75) is 34.6 Å². The molecule has 0 unspecified atom stereocenters. The summed E-state index contributed by atoms with van der Waals surface area (Å²) in [6, 6.07) is 33.5. The van der Waals surface area contributed by atoms with Crippen LogP contribution in [0, 0.1) is 27.7 Å². The number of carbonyl (C=O) groups excluding carboxylic acids is 1. The monoisotopic (exact) mass is 454 g/mol. The van der Waals surface area contributed by atoms with Gasteiger partial charge < -0.3 is 0 Å². The zero-order valence-corrected chi connectivity index (χ0v) is 20.9. The third-order valence-electron chi connectivity index (χ3n) is 6.61. The van der Waals surface area contributed by atoms with E-state index >= 15 is 0 Å². The van der Waals surface area contributed by atoms with Crippen molar-refractivity contribution in [1.29, 1.82) is 0 Å². The summed E-state index contributed by atoms with van der Waals surface area (Å²) in [6.07, 6.45) is 0. The summed E-state index contributed by atoms with van der Waals surface area (Å²) in [6.45, 7) is 6.04. The predicted molar refractivity (Wildman–Crippen MR) is 142 cm³/mol. The summed E-state index contributed by atoms with van der Waals surface area (Å²) < 4.78 is 6.98. The van der Waals surface area contributed by atoms with Gasteiger partial charge in [0.15, 0.2) is 0 Å². The van der Waals surface area contributed by atoms with Crippen LogP contribution >= 0.6 is 6.83 Å². The first-order chi connectivity index (χ1) is 15.8. The Balaban J connectivity index is 2.46. The van der Waals surface area contributed by atoms with E-state index in [-0.39, 0.29) is 5.97 Å². The molecule has 0 aromatic heterocycles. The molecule has 0 heterocycles. The number of rotatable bonds is 5. The second kappa shape index (κ2) is 8.61. The number of benzene rings is 4. The Bertz CT molecular complexity index is 1140. The molecule has 168 valence electrons. The molecule has 0 aliphatic carbocycles. The molecule has 0 N–H and O–H groups in total. The number of hydrogen-bond acceptors (Lipinski definition) is 2. The molecule has 0 aliphatic rings. The topological polar surface area (TPSA) is 26.3 Å². The Hall–Kier alpha value is -3.22. The third-order valence-corrected chi connectivity index (χ3v) is 12.9. The van der Waals surface area contributed by atoms with E-state index in [2.05, 4.69) is 100 Å². The van der Waals surface area contributed by atoms with E-state index < -0.39 is 6.83 Å². The van der Waals surface area contributed by atoms with E-state index in [1.165, 1.54) is 6.92 Å². The first-order valence-corrected chi connectivity index (χ1v) is 13.4. The molecule has 0 saturated heterocycles. The van der Waals surface area contributed by atoms with Crippen LogP contribution in [0.1, 0.15) is 29.2 Å². The summed E-state index contributed by atoms with van der Waals surface area (Å²) in [4.78, 5) is 13.2. The molecule has 0 spiro atoms. The zero-order valence-electron chi connectivity index (χ0n) is 20.0. The van der Waals surface area contributed by atoms with Gasteiger partial charge in [-0.15, -0.1) is 0 Å². The Morgan fingerprint density at radius 2 is 0.758 bits per heavy atom. The fourth-order valence-corrected chi connectivity index (χ4v) is 12.3. The predicted octanol–water partition coefficient (Wildman–Crippen LogP) is 5.55. The molecule has 0 amide bonds. The number of aryl methyl sites for hydroxylation is 4. The van der Waals surface area contributed by atoms with Crippen LogP contribution in [-0.2, 0) is 9.32 Å². The molecule has 0 aliphatic heterocycles. The summed E-state index contributed by atoms with van der Waals surface area (Å²) in [7, 11) is 0. The normalized spacial score (nSPS) is 12.6. The van der Waals surface area contributed by atoms with Gasteiger partial charge >= 0.3 is 197 Å². The number of hydrogen-bond donors (Lipinski definition) is 0. The summed E-state index contributed by atoms with van der Waals surface area (Å²) >= 11 is 0. The molecule has 0 fully saturated rings. The second-order valence-electron chi connectivity index (χ2n) is 8.76. The standard InChI is InChI=1S/C30H31O2P/c1-22-14-6-10-18-27(22)33(32-26(5)31,28-19-11-7-15-23(28)2,29-20-12-8-16-24(29)3)30-21-13-9-17-25(30)4/h6-21H,1-5H3. The molecule has 0 atom stereocenters. The first-order valence-electron chi connectivity index (χ1n) is 11.3. The van der Waals surface area contributed by atoms with Crippen LogP contribution < -0.4 is 21.2 Å². The van der Waals surface area contributed by atoms with Gasteiger partial charge in [-0.25, -0.2) is 0 Å². The molecule has 0 saturated carbocycles. The van der Waals surface area contributed by atoms with Crippen molar-refractivity contribution in [1.82, 2.24) is 0 Å². The molecule has 2 nitrogen and oxygen atoms in total. The summed E-state index contributed by atoms with van der Waals surface area (Å²) in [5.74, 6) is -0.286. The molecular formula is C30H31O2P. The van der Waals surface area contributed by atoms with Crippen LogP contribution in [0.4, 0.5) is 0 Å². The van der Waals surface area contributed by atoms with E-state index in [1.54, 1.807) is 0 Å². The average Bonchev–Trinajstić information content (AvgIpc) is 2.79. The Kier molecular flexibility index (Phi) is 5.99. The van der Waals surface area contributed by atoms with Crippen molar-refractivity contribution in [3.05, 3.63) is 119 Å². The molecule has 33 heavy (non-hydrogen) atoms. The van der Waals surface area contributed by atoms with Crippen molar-refractivity contribution in [2.24, 2.45) is 0 Å². The maximum atomic E-state index is 13.2. The third kappa shape index (κ3) is 3.33. The maximum absolute atomic E-state index is 13.2. The van der Waals surface area contributed by atoms with Crippen LogP contribution in [0.2, 0.25) is 0 Å². The van der Waals surface area contributed by atoms with Gasteiger partial charge in [-0.05, 0) is 0 Å². The quantitative estimate of drug-likeness (QED) is 0.370. The van der Waals surface area contributed by atoms with Gasteiger partial charge in [-0.3, -0.25) is 0 Å². The van der Waals surface area contributed by atoms with Crippen molar-refractivity contribution in [2.75, 3.05) is 0 Å². The average molecular weight is 455 g/mol. The Morgan fingerprint density at radius 1 is 0.515 bits per heavy atom. The van der Waals surface area contributed by atoms with E-state index in [0.29, 0.717) is 0 Å². The van der Waals surface area contributed by atoms with Crippen molar-refractivity contribution < 1.29 is 9.32 Å². The van der Waals surface area contributed by atoms with Gasteiger partial charge in [0, 0.05) is 0 Å².